The molecule has 1 aliphatic rings. The third kappa shape index (κ3) is 3.53. The van der Waals surface area contributed by atoms with Crippen molar-refractivity contribution in [2.24, 2.45) is 0 Å². The van der Waals surface area contributed by atoms with Gasteiger partial charge in [0, 0.05) is 6.04 Å². The molecule has 0 bridgehead atoms. The van der Waals surface area contributed by atoms with Gasteiger partial charge in [-0.25, -0.2) is 9.18 Å². The van der Waals surface area contributed by atoms with E-state index in [2.05, 4.69) is 0 Å². The number of rotatable bonds is 4. The van der Waals surface area contributed by atoms with E-state index in [-0.39, 0.29) is 6.04 Å². The Morgan fingerprint density at radius 1 is 1.48 bits per heavy atom. The lowest BCUT2D eigenvalue weighted by Gasteiger charge is -2.42. The van der Waals surface area contributed by atoms with Crippen molar-refractivity contribution < 1.29 is 19.4 Å². The minimum absolute atomic E-state index is 0.0607. The third-order valence-electron chi connectivity index (χ3n) is 4.19. The van der Waals surface area contributed by atoms with Crippen molar-refractivity contribution in [2.75, 3.05) is 0 Å². The highest BCUT2D eigenvalue weighted by Gasteiger charge is 2.38. The fraction of sp³-hybridized carbons (Fsp3) is 0.562. The van der Waals surface area contributed by atoms with Gasteiger partial charge in [-0.05, 0) is 43.4 Å². The molecule has 5 heteroatoms. The van der Waals surface area contributed by atoms with E-state index in [0.29, 0.717) is 12.0 Å². The number of aliphatic hydroxyl groups excluding tert-OH is 1. The van der Waals surface area contributed by atoms with Gasteiger partial charge in [-0.1, -0.05) is 25.5 Å². The van der Waals surface area contributed by atoms with Crippen LogP contribution < -0.4 is 0 Å². The summed E-state index contributed by atoms with van der Waals surface area (Å²) in [6.45, 7) is 2.02. The Morgan fingerprint density at radius 3 is 2.86 bits per heavy atom. The van der Waals surface area contributed by atoms with E-state index >= 15 is 0 Å². The number of carbonyl (C=O) groups is 1. The van der Waals surface area contributed by atoms with Gasteiger partial charge in [-0.15, -0.1) is 0 Å². The molecular formula is C16H22FNO3. The number of nitrogens with zero attached hydrogens (tertiary/aromatic N) is 1. The Labute approximate surface area is 124 Å². The summed E-state index contributed by atoms with van der Waals surface area (Å²) in [4.78, 5) is 13.0. The molecule has 1 heterocycles. The average molecular weight is 295 g/mol. The molecule has 2 rings (SSSR count). The summed E-state index contributed by atoms with van der Waals surface area (Å²) in [6, 6.07) is 5.19. The lowest BCUT2D eigenvalue weighted by atomic mass is 9.88. The van der Waals surface area contributed by atoms with E-state index < -0.39 is 24.1 Å². The van der Waals surface area contributed by atoms with E-state index in [1.165, 1.54) is 23.1 Å². The van der Waals surface area contributed by atoms with Crippen LogP contribution in [0.1, 0.15) is 50.7 Å². The number of carboxylic acid groups (broad SMARTS) is 1. The van der Waals surface area contributed by atoms with Crippen molar-refractivity contribution in [3.8, 4) is 0 Å². The Kier molecular flexibility index (Phi) is 5.17. The van der Waals surface area contributed by atoms with Crippen LogP contribution in [0.3, 0.4) is 0 Å². The predicted octanol–water partition coefficient (Wildman–Crippen LogP) is 3.56. The fourth-order valence-electron chi connectivity index (χ4n) is 3.25. The van der Waals surface area contributed by atoms with E-state index in [0.717, 1.165) is 25.7 Å². The monoisotopic (exact) mass is 295 g/mol. The van der Waals surface area contributed by atoms with Gasteiger partial charge in [-0.3, -0.25) is 4.90 Å². The second-order valence-corrected chi connectivity index (χ2v) is 5.63. The predicted molar refractivity (Wildman–Crippen MR) is 77.6 cm³/mol. The Hall–Kier alpha value is -1.62. The normalized spacial score (nSPS) is 23.9. The van der Waals surface area contributed by atoms with Crippen LogP contribution in [0.4, 0.5) is 9.18 Å². The van der Waals surface area contributed by atoms with Gasteiger partial charge in [0.05, 0.1) is 12.1 Å². The molecule has 1 aromatic rings. The Morgan fingerprint density at radius 2 is 2.24 bits per heavy atom. The van der Waals surface area contributed by atoms with Crippen LogP contribution in [-0.2, 0) is 0 Å². The van der Waals surface area contributed by atoms with Crippen LogP contribution in [0.15, 0.2) is 24.3 Å². The number of piperidine rings is 1. The van der Waals surface area contributed by atoms with Crippen molar-refractivity contribution in [1.82, 2.24) is 4.90 Å². The van der Waals surface area contributed by atoms with Gasteiger partial charge in [0.15, 0.2) is 0 Å². The minimum Gasteiger partial charge on any atom is -0.465 e. The highest BCUT2D eigenvalue weighted by atomic mass is 19.1. The highest BCUT2D eigenvalue weighted by Crippen LogP contribution is 2.33. The first-order valence-electron chi connectivity index (χ1n) is 7.49. The molecule has 0 aromatic heterocycles. The summed E-state index contributed by atoms with van der Waals surface area (Å²) in [5, 5.41) is 20.0. The Balaban J connectivity index is 2.24. The largest absolute Gasteiger partial charge is 0.465 e. The maximum Gasteiger partial charge on any atom is 0.407 e. The van der Waals surface area contributed by atoms with E-state index in [1.807, 2.05) is 6.92 Å². The summed E-state index contributed by atoms with van der Waals surface area (Å²) in [5.41, 5.74) is 0.434. The fourth-order valence-corrected chi connectivity index (χ4v) is 3.25. The highest BCUT2D eigenvalue weighted by molar-refractivity contribution is 5.66. The number of hydrogen-bond donors (Lipinski definition) is 2. The molecule has 21 heavy (non-hydrogen) atoms. The second kappa shape index (κ2) is 6.89. The quantitative estimate of drug-likeness (QED) is 0.893. The Bertz CT molecular complexity index is 492. The second-order valence-electron chi connectivity index (χ2n) is 5.63. The number of halogens is 1. The molecule has 3 atom stereocenters. The smallest absolute Gasteiger partial charge is 0.407 e. The lowest BCUT2D eigenvalue weighted by Crippen LogP contribution is -2.51. The van der Waals surface area contributed by atoms with Crippen LogP contribution in [0.25, 0.3) is 0 Å². The number of amides is 1. The number of likely N-dealkylation sites (tertiary alicyclic amines) is 1. The topological polar surface area (TPSA) is 60.8 Å². The van der Waals surface area contributed by atoms with E-state index in [9.17, 15) is 19.4 Å². The van der Waals surface area contributed by atoms with Crippen LogP contribution in [-0.4, -0.2) is 33.3 Å². The molecule has 2 N–H and O–H groups in total. The van der Waals surface area contributed by atoms with Crippen LogP contribution in [0, 0.1) is 5.82 Å². The SMILES string of the molecule is CCC[C@@H]1CCC[C@H](C(O)c2cccc(F)c2)N1C(=O)O. The molecule has 116 valence electrons. The van der Waals surface area contributed by atoms with E-state index in [4.69, 9.17) is 0 Å². The van der Waals surface area contributed by atoms with Crippen molar-refractivity contribution in [3.05, 3.63) is 35.6 Å². The van der Waals surface area contributed by atoms with Crippen LogP contribution >= 0.6 is 0 Å². The zero-order valence-corrected chi connectivity index (χ0v) is 12.2. The van der Waals surface area contributed by atoms with Gasteiger partial charge in [0.1, 0.15) is 5.82 Å². The minimum atomic E-state index is -1.01. The molecule has 1 fully saturated rings. The van der Waals surface area contributed by atoms with Crippen LogP contribution in [0.5, 0.6) is 0 Å². The molecule has 1 unspecified atom stereocenters. The maximum absolute atomic E-state index is 13.3. The number of benzene rings is 1. The molecule has 4 nitrogen and oxygen atoms in total. The first-order chi connectivity index (χ1) is 10.0. The summed E-state index contributed by atoms with van der Waals surface area (Å²) < 4.78 is 13.3. The van der Waals surface area contributed by atoms with Crippen LogP contribution in [0.2, 0.25) is 0 Å². The maximum atomic E-state index is 13.3. The van der Waals surface area contributed by atoms with Crippen molar-refractivity contribution in [3.63, 3.8) is 0 Å². The summed E-state index contributed by atoms with van der Waals surface area (Å²) in [5.74, 6) is -0.422. The number of aliphatic hydroxyl groups is 1. The van der Waals surface area contributed by atoms with Gasteiger partial charge in [0.25, 0.3) is 0 Å². The zero-order valence-electron chi connectivity index (χ0n) is 12.2. The van der Waals surface area contributed by atoms with E-state index in [1.54, 1.807) is 6.07 Å². The molecule has 0 aliphatic carbocycles. The lowest BCUT2D eigenvalue weighted by molar-refractivity contribution is 0.000219. The van der Waals surface area contributed by atoms with Gasteiger partial charge in [0.2, 0.25) is 0 Å². The molecule has 0 saturated carbocycles. The van der Waals surface area contributed by atoms with Gasteiger partial charge in [-0.2, -0.15) is 0 Å². The summed E-state index contributed by atoms with van der Waals surface area (Å²) in [6.07, 6.45) is 2.00. The van der Waals surface area contributed by atoms with Gasteiger partial charge >= 0.3 is 6.09 Å². The summed E-state index contributed by atoms with van der Waals surface area (Å²) in [7, 11) is 0. The van der Waals surface area contributed by atoms with Gasteiger partial charge < -0.3 is 10.2 Å². The average Bonchev–Trinajstić information content (AvgIpc) is 2.46. The molecular weight excluding hydrogens is 273 g/mol. The third-order valence-corrected chi connectivity index (χ3v) is 4.19. The first kappa shape index (κ1) is 15.8. The number of hydrogen-bond acceptors (Lipinski definition) is 2. The molecule has 0 spiro atoms. The van der Waals surface area contributed by atoms with Crippen molar-refractivity contribution in [2.45, 2.75) is 57.2 Å². The molecule has 0 radical (unpaired) electrons. The molecule has 1 aromatic carbocycles. The zero-order chi connectivity index (χ0) is 15.4. The standard InChI is InChI=1S/C16H22FNO3/c1-2-5-13-8-4-9-14(18(13)16(20)21)15(19)11-6-3-7-12(17)10-11/h3,6-7,10,13-15,19H,2,4-5,8-9H2,1H3,(H,20,21)/t13-,14-,15?/m1/s1. The molecule has 1 amide bonds. The molecule has 1 aliphatic heterocycles. The first-order valence-corrected chi connectivity index (χ1v) is 7.49. The van der Waals surface area contributed by atoms with Crippen molar-refractivity contribution >= 4 is 6.09 Å². The van der Waals surface area contributed by atoms with Crippen molar-refractivity contribution in [1.29, 1.82) is 0 Å². The summed E-state index contributed by atoms with van der Waals surface area (Å²) >= 11 is 0. The molecule has 1 saturated heterocycles.